The lowest BCUT2D eigenvalue weighted by molar-refractivity contribution is 0.0996. The van der Waals surface area contributed by atoms with Crippen LogP contribution in [0, 0.1) is 0 Å². The Kier molecular flexibility index (Phi) is 3.93. The van der Waals surface area contributed by atoms with E-state index in [1.807, 2.05) is 41.2 Å². The summed E-state index contributed by atoms with van der Waals surface area (Å²) >= 11 is 0. The van der Waals surface area contributed by atoms with Crippen molar-refractivity contribution in [1.82, 2.24) is 4.57 Å². The highest BCUT2D eigenvalue weighted by atomic mass is 16.2. The Labute approximate surface area is 133 Å². The van der Waals surface area contributed by atoms with Gasteiger partial charge in [-0.25, -0.2) is 0 Å². The van der Waals surface area contributed by atoms with E-state index in [-0.39, 0.29) is 5.91 Å². The van der Waals surface area contributed by atoms with Crippen molar-refractivity contribution in [2.45, 2.75) is 0 Å². The van der Waals surface area contributed by atoms with Crippen molar-refractivity contribution in [3.05, 3.63) is 84.2 Å². The van der Waals surface area contributed by atoms with Gasteiger partial charge in [0.25, 0.3) is 5.91 Å². The van der Waals surface area contributed by atoms with Crippen molar-refractivity contribution >= 4 is 17.5 Å². The fourth-order valence-electron chi connectivity index (χ4n) is 2.25. The lowest BCUT2D eigenvalue weighted by Gasteiger charge is -2.08. The van der Waals surface area contributed by atoms with E-state index < -0.39 is 5.91 Å². The predicted octanol–water partition coefficient (Wildman–Crippen LogP) is 2.83. The average Bonchev–Trinajstić information content (AvgIpc) is 3.09. The van der Waals surface area contributed by atoms with Crippen LogP contribution < -0.4 is 11.1 Å². The average molecular weight is 305 g/mol. The molecule has 2 aromatic carbocycles. The molecule has 0 saturated heterocycles. The molecule has 0 aliphatic heterocycles. The van der Waals surface area contributed by atoms with Gasteiger partial charge in [0.15, 0.2) is 0 Å². The van der Waals surface area contributed by atoms with Crippen LogP contribution in [-0.4, -0.2) is 16.4 Å². The normalized spacial score (nSPS) is 10.3. The zero-order valence-corrected chi connectivity index (χ0v) is 12.3. The molecular weight excluding hydrogens is 290 g/mol. The first kappa shape index (κ1) is 14.6. The molecule has 114 valence electrons. The van der Waals surface area contributed by atoms with Gasteiger partial charge in [-0.2, -0.15) is 0 Å². The molecule has 3 aromatic rings. The zero-order valence-electron chi connectivity index (χ0n) is 12.3. The number of nitrogens with zero attached hydrogens (tertiary/aromatic N) is 1. The Morgan fingerprint density at radius 2 is 1.57 bits per heavy atom. The van der Waals surface area contributed by atoms with Gasteiger partial charge >= 0.3 is 0 Å². The number of carbonyl (C=O) groups is 2. The molecule has 23 heavy (non-hydrogen) atoms. The maximum Gasteiger partial charge on any atom is 0.255 e. The molecule has 1 aromatic heterocycles. The molecule has 0 spiro atoms. The number of nitrogens with two attached hydrogens (primary N) is 1. The van der Waals surface area contributed by atoms with Gasteiger partial charge in [-0.3, -0.25) is 9.59 Å². The number of rotatable bonds is 4. The SMILES string of the molecule is NC(=O)c1cccc(NC(=O)c2ccc(-n3cccc3)cc2)c1. The number of hydrogen-bond donors (Lipinski definition) is 2. The Hall–Kier alpha value is -3.34. The van der Waals surface area contributed by atoms with E-state index in [4.69, 9.17) is 5.73 Å². The van der Waals surface area contributed by atoms with Crippen molar-refractivity contribution in [2.75, 3.05) is 5.32 Å². The molecule has 0 fully saturated rings. The Morgan fingerprint density at radius 3 is 2.22 bits per heavy atom. The number of hydrogen-bond acceptors (Lipinski definition) is 2. The van der Waals surface area contributed by atoms with Crippen LogP contribution in [0.4, 0.5) is 5.69 Å². The van der Waals surface area contributed by atoms with Crippen molar-refractivity contribution in [3.8, 4) is 5.69 Å². The van der Waals surface area contributed by atoms with Gasteiger partial charge in [-0.1, -0.05) is 6.07 Å². The molecule has 0 unspecified atom stereocenters. The second kappa shape index (κ2) is 6.19. The van der Waals surface area contributed by atoms with Crippen LogP contribution in [0.1, 0.15) is 20.7 Å². The molecule has 0 aliphatic carbocycles. The lowest BCUT2D eigenvalue weighted by atomic mass is 10.1. The van der Waals surface area contributed by atoms with Gasteiger partial charge in [-0.15, -0.1) is 0 Å². The largest absolute Gasteiger partial charge is 0.366 e. The molecule has 3 rings (SSSR count). The Balaban J connectivity index is 1.76. The van der Waals surface area contributed by atoms with E-state index in [1.165, 1.54) is 0 Å². The lowest BCUT2D eigenvalue weighted by Crippen LogP contribution is -2.14. The van der Waals surface area contributed by atoms with Crippen LogP contribution in [0.25, 0.3) is 5.69 Å². The molecule has 5 heteroatoms. The minimum atomic E-state index is -0.530. The van der Waals surface area contributed by atoms with Gasteiger partial charge in [-0.05, 0) is 54.6 Å². The van der Waals surface area contributed by atoms with Crippen molar-refractivity contribution in [1.29, 1.82) is 0 Å². The van der Waals surface area contributed by atoms with Crippen LogP contribution in [0.3, 0.4) is 0 Å². The van der Waals surface area contributed by atoms with Gasteiger partial charge < -0.3 is 15.6 Å². The van der Waals surface area contributed by atoms with Crippen molar-refractivity contribution < 1.29 is 9.59 Å². The summed E-state index contributed by atoms with van der Waals surface area (Å²) in [5.41, 5.74) is 7.62. The topological polar surface area (TPSA) is 77.1 Å². The van der Waals surface area contributed by atoms with Gasteiger partial charge in [0.05, 0.1) is 0 Å². The quantitative estimate of drug-likeness (QED) is 0.777. The summed E-state index contributed by atoms with van der Waals surface area (Å²) in [6.07, 6.45) is 3.87. The Morgan fingerprint density at radius 1 is 0.870 bits per heavy atom. The molecule has 0 aliphatic rings. The second-order valence-electron chi connectivity index (χ2n) is 5.04. The van der Waals surface area contributed by atoms with Crippen LogP contribution in [0.5, 0.6) is 0 Å². The first-order valence-corrected chi connectivity index (χ1v) is 7.08. The third-order valence-electron chi connectivity index (χ3n) is 3.44. The third-order valence-corrected chi connectivity index (χ3v) is 3.44. The van der Waals surface area contributed by atoms with E-state index in [9.17, 15) is 9.59 Å². The molecule has 1 heterocycles. The monoisotopic (exact) mass is 305 g/mol. The number of amides is 2. The van der Waals surface area contributed by atoms with Crippen molar-refractivity contribution in [2.24, 2.45) is 5.73 Å². The van der Waals surface area contributed by atoms with Crippen LogP contribution >= 0.6 is 0 Å². The summed E-state index contributed by atoms with van der Waals surface area (Å²) in [6.45, 7) is 0. The highest BCUT2D eigenvalue weighted by Gasteiger charge is 2.08. The maximum atomic E-state index is 12.3. The van der Waals surface area contributed by atoms with Crippen LogP contribution in [0.2, 0.25) is 0 Å². The molecular formula is C18H15N3O2. The smallest absolute Gasteiger partial charge is 0.255 e. The highest BCUT2D eigenvalue weighted by molar-refractivity contribution is 6.05. The van der Waals surface area contributed by atoms with Crippen molar-refractivity contribution in [3.63, 3.8) is 0 Å². The predicted molar refractivity (Wildman–Crippen MR) is 88.7 cm³/mol. The summed E-state index contributed by atoms with van der Waals surface area (Å²) in [7, 11) is 0. The number of anilines is 1. The van der Waals surface area contributed by atoms with E-state index in [0.29, 0.717) is 16.8 Å². The minimum Gasteiger partial charge on any atom is -0.366 e. The summed E-state index contributed by atoms with van der Waals surface area (Å²) in [6, 6.07) is 17.6. The van der Waals surface area contributed by atoms with E-state index in [2.05, 4.69) is 5.32 Å². The molecule has 0 atom stereocenters. The van der Waals surface area contributed by atoms with E-state index in [0.717, 1.165) is 5.69 Å². The van der Waals surface area contributed by atoms with E-state index in [1.54, 1.807) is 36.4 Å². The number of nitrogens with one attached hydrogen (secondary N) is 1. The molecule has 5 nitrogen and oxygen atoms in total. The van der Waals surface area contributed by atoms with Crippen LogP contribution in [-0.2, 0) is 0 Å². The summed E-state index contributed by atoms with van der Waals surface area (Å²) < 4.78 is 1.96. The summed E-state index contributed by atoms with van der Waals surface area (Å²) in [4.78, 5) is 23.4. The number of benzene rings is 2. The fourth-order valence-corrected chi connectivity index (χ4v) is 2.25. The Bertz CT molecular complexity index is 837. The highest BCUT2D eigenvalue weighted by Crippen LogP contribution is 2.14. The third kappa shape index (κ3) is 3.29. The molecule has 3 N–H and O–H groups in total. The molecule has 0 bridgehead atoms. The zero-order chi connectivity index (χ0) is 16.2. The number of aromatic nitrogens is 1. The minimum absolute atomic E-state index is 0.245. The summed E-state index contributed by atoms with van der Waals surface area (Å²) in [5.74, 6) is -0.775. The maximum absolute atomic E-state index is 12.3. The number of primary amides is 1. The van der Waals surface area contributed by atoms with Gasteiger partial charge in [0.2, 0.25) is 5.91 Å². The summed E-state index contributed by atoms with van der Waals surface area (Å²) in [5, 5.41) is 2.75. The first-order chi connectivity index (χ1) is 11.1. The van der Waals surface area contributed by atoms with E-state index >= 15 is 0 Å². The molecule has 2 amide bonds. The van der Waals surface area contributed by atoms with Gasteiger partial charge in [0, 0.05) is 34.9 Å². The molecule has 0 saturated carbocycles. The fraction of sp³-hybridized carbons (Fsp3) is 0. The first-order valence-electron chi connectivity index (χ1n) is 7.08. The standard InChI is InChI=1S/C18H15N3O2/c19-17(22)14-4-3-5-15(12-14)20-18(23)13-6-8-16(9-7-13)21-10-1-2-11-21/h1-12H,(H2,19,22)(H,20,23). The molecule has 0 radical (unpaired) electrons. The van der Waals surface area contributed by atoms with Crippen LogP contribution in [0.15, 0.2) is 73.1 Å². The van der Waals surface area contributed by atoms with Gasteiger partial charge in [0.1, 0.15) is 0 Å². The second-order valence-corrected chi connectivity index (χ2v) is 5.04. The number of carbonyl (C=O) groups excluding carboxylic acids is 2.